The van der Waals surface area contributed by atoms with Crippen molar-refractivity contribution in [2.24, 2.45) is 0 Å². The average molecular weight is 521 g/mol. The van der Waals surface area contributed by atoms with Crippen molar-refractivity contribution < 1.29 is 22.0 Å². The molecule has 0 aliphatic carbocycles. The van der Waals surface area contributed by atoms with E-state index in [0.29, 0.717) is 29.7 Å². The monoisotopic (exact) mass is 520 g/mol. The molecule has 1 saturated heterocycles. The van der Waals surface area contributed by atoms with Crippen molar-refractivity contribution in [3.05, 3.63) is 65.5 Å². The van der Waals surface area contributed by atoms with Crippen LogP contribution in [0.5, 0.6) is 0 Å². The fourth-order valence-electron chi connectivity index (χ4n) is 5.36. The van der Waals surface area contributed by atoms with Crippen LogP contribution in [-0.4, -0.2) is 76.1 Å². The summed E-state index contributed by atoms with van der Waals surface area (Å²) in [7, 11) is 0. The lowest BCUT2D eigenvalue weighted by Crippen LogP contribution is -2.54. The third kappa shape index (κ3) is 5.62. The Kier molecular flexibility index (Phi) is 7.17. The molecule has 1 aromatic carbocycles. The van der Waals surface area contributed by atoms with E-state index >= 15 is 0 Å². The summed E-state index contributed by atoms with van der Waals surface area (Å²) in [5.74, 6) is -0.624. The van der Waals surface area contributed by atoms with E-state index in [4.69, 9.17) is 0 Å². The van der Waals surface area contributed by atoms with Gasteiger partial charge in [0.1, 0.15) is 0 Å². The van der Waals surface area contributed by atoms with Crippen molar-refractivity contribution >= 4 is 5.69 Å². The molecule has 2 N–H and O–H groups in total. The molecule has 2 aliphatic rings. The molecule has 2 aromatic heterocycles. The number of hydrogen-bond donors (Lipinski definition) is 2. The number of rotatable bonds is 8. The van der Waals surface area contributed by atoms with E-state index in [1.807, 2.05) is 12.1 Å². The van der Waals surface area contributed by atoms with Gasteiger partial charge in [-0.2, -0.15) is 17.6 Å². The van der Waals surface area contributed by atoms with Crippen LogP contribution >= 0.6 is 0 Å². The second-order valence-corrected chi connectivity index (χ2v) is 9.86. The molecule has 1 fully saturated rings. The van der Waals surface area contributed by atoms with Crippen LogP contribution in [0.4, 0.5) is 27.6 Å². The Morgan fingerprint density at radius 3 is 2.62 bits per heavy atom. The number of anilines is 1. The number of nitrogens with zero attached hydrogens (tertiary/aromatic N) is 4. The molecule has 4 heterocycles. The van der Waals surface area contributed by atoms with E-state index in [1.54, 1.807) is 31.3 Å². The fraction of sp³-hybridized carbons (Fsp3) is 0.462. The van der Waals surface area contributed by atoms with Crippen molar-refractivity contribution in [1.29, 1.82) is 0 Å². The molecule has 198 valence electrons. The van der Waals surface area contributed by atoms with Crippen LogP contribution in [0, 0.1) is 5.95 Å². The first-order valence-electron chi connectivity index (χ1n) is 12.4. The summed E-state index contributed by atoms with van der Waals surface area (Å²) in [6.07, 6.45) is -0.331. The topological polar surface area (TPSA) is 60.1 Å². The number of alkyl halides is 4. The maximum atomic E-state index is 14.1. The highest BCUT2D eigenvalue weighted by atomic mass is 19.4. The Labute approximate surface area is 211 Å². The molecule has 0 unspecified atom stereocenters. The first-order valence-corrected chi connectivity index (χ1v) is 12.4. The number of fused-ring (bicyclic) bond motifs is 1. The van der Waals surface area contributed by atoms with Gasteiger partial charge in [0, 0.05) is 31.9 Å². The highest BCUT2D eigenvalue weighted by Crippen LogP contribution is 2.40. The molecule has 0 saturated carbocycles. The number of nitrogens with one attached hydrogen (secondary N) is 2. The number of halogens is 5. The Morgan fingerprint density at radius 2 is 1.97 bits per heavy atom. The number of hydrogen-bond acceptors (Lipinski definition) is 5. The highest BCUT2D eigenvalue weighted by molar-refractivity contribution is 5.65. The molecule has 3 aromatic rings. The number of aromatic nitrogens is 3. The standard InChI is InChI=1S/C26H29F5N6/c1-16-9-18-10-17(22-12-33-35-25(22)28)3-5-21(18)24(37(16)15-26(29,30)31)23-6-4-19(11-32-23)34-20-13-36(14-20)8-2-7-27/h3-6,10-12,16,20,24,34H,2,7-9,13-15H2,1H3,(H,33,35)/t16-,24+/m1/s1. The maximum Gasteiger partial charge on any atom is 0.401 e. The minimum Gasteiger partial charge on any atom is -0.378 e. The third-order valence-corrected chi connectivity index (χ3v) is 7.12. The van der Waals surface area contributed by atoms with Crippen molar-refractivity contribution in [3.63, 3.8) is 0 Å². The first-order chi connectivity index (χ1) is 17.7. The minimum atomic E-state index is -4.37. The quantitative estimate of drug-likeness (QED) is 0.411. The fourth-order valence-corrected chi connectivity index (χ4v) is 5.36. The minimum absolute atomic E-state index is 0.228. The zero-order valence-electron chi connectivity index (χ0n) is 20.4. The molecule has 0 amide bonds. The third-order valence-electron chi connectivity index (χ3n) is 7.12. The van der Waals surface area contributed by atoms with Gasteiger partial charge < -0.3 is 5.32 Å². The lowest BCUT2D eigenvalue weighted by atomic mass is 9.85. The Hall–Kier alpha value is -3.05. The van der Waals surface area contributed by atoms with Crippen molar-refractivity contribution in [3.8, 4) is 11.1 Å². The van der Waals surface area contributed by atoms with Crippen molar-refractivity contribution in [2.75, 3.05) is 38.2 Å². The van der Waals surface area contributed by atoms with Crippen LogP contribution in [0.25, 0.3) is 11.1 Å². The molecule has 0 spiro atoms. The summed E-state index contributed by atoms with van der Waals surface area (Å²) in [5, 5.41) is 9.42. The van der Waals surface area contributed by atoms with Crippen LogP contribution in [0.3, 0.4) is 0 Å². The number of pyridine rings is 1. The Balaban J connectivity index is 1.40. The SMILES string of the molecule is C[C@@H]1Cc2cc(-c3c[nH]nc3F)ccc2[C@@H](c2ccc(NC3CN(CCCF)C3)cn2)N1CC(F)(F)F. The van der Waals surface area contributed by atoms with E-state index in [1.165, 1.54) is 11.1 Å². The molecule has 6 nitrogen and oxygen atoms in total. The smallest absolute Gasteiger partial charge is 0.378 e. The second kappa shape index (κ2) is 10.4. The number of likely N-dealkylation sites (tertiary alicyclic amines) is 1. The summed E-state index contributed by atoms with van der Waals surface area (Å²) < 4.78 is 67.2. The zero-order valence-corrected chi connectivity index (χ0v) is 20.4. The summed E-state index contributed by atoms with van der Waals surface area (Å²) in [5.41, 5.74) is 3.83. The van der Waals surface area contributed by atoms with E-state index in [2.05, 4.69) is 25.4 Å². The molecule has 2 aliphatic heterocycles. The lowest BCUT2D eigenvalue weighted by molar-refractivity contribution is -0.155. The van der Waals surface area contributed by atoms with E-state index in [-0.39, 0.29) is 12.7 Å². The van der Waals surface area contributed by atoms with Gasteiger partial charge in [-0.1, -0.05) is 18.2 Å². The van der Waals surface area contributed by atoms with Gasteiger partial charge in [0.05, 0.1) is 48.4 Å². The number of aromatic amines is 1. The van der Waals surface area contributed by atoms with Gasteiger partial charge in [-0.15, -0.1) is 5.10 Å². The van der Waals surface area contributed by atoms with Gasteiger partial charge in [0.2, 0.25) is 5.95 Å². The lowest BCUT2D eigenvalue weighted by Gasteiger charge is -2.42. The number of benzene rings is 1. The Morgan fingerprint density at radius 1 is 1.16 bits per heavy atom. The van der Waals surface area contributed by atoms with Crippen molar-refractivity contribution in [2.45, 2.75) is 44.1 Å². The molecule has 0 bridgehead atoms. The average Bonchev–Trinajstić information content (AvgIpc) is 3.26. The van der Waals surface area contributed by atoms with Gasteiger partial charge in [0.15, 0.2) is 0 Å². The molecule has 0 radical (unpaired) electrons. The summed E-state index contributed by atoms with van der Waals surface area (Å²) in [6.45, 7) is 2.75. The molecular formula is C26H29F5N6. The second-order valence-electron chi connectivity index (χ2n) is 9.86. The zero-order chi connectivity index (χ0) is 26.2. The first kappa shape index (κ1) is 25.6. The molecule has 37 heavy (non-hydrogen) atoms. The van der Waals surface area contributed by atoms with Crippen LogP contribution < -0.4 is 5.32 Å². The van der Waals surface area contributed by atoms with Crippen LogP contribution in [0.15, 0.2) is 42.7 Å². The largest absolute Gasteiger partial charge is 0.401 e. The van der Waals surface area contributed by atoms with Gasteiger partial charge in [-0.05, 0) is 48.6 Å². The number of H-pyrrole nitrogens is 1. The van der Waals surface area contributed by atoms with Crippen molar-refractivity contribution in [1.82, 2.24) is 25.0 Å². The van der Waals surface area contributed by atoms with E-state index in [9.17, 15) is 22.0 Å². The summed E-state index contributed by atoms with van der Waals surface area (Å²) in [4.78, 5) is 8.17. The van der Waals surface area contributed by atoms with Gasteiger partial charge >= 0.3 is 6.18 Å². The highest BCUT2D eigenvalue weighted by Gasteiger charge is 2.41. The van der Waals surface area contributed by atoms with Gasteiger partial charge in [-0.25, -0.2) is 0 Å². The maximum absolute atomic E-state index is 14.1. The van der Waals surface area contributed by atoms with Gasteiger partial charge in [-0.3, -0.25) is 24.3 Å². The predicted molar refractivity (Wildman–Crippen MR) is 130 cm³/mol. The Bertz CT molecular complexity index is 1200. The van der Waals surface area contributed by atoms with Crippen LogP contribution in [-0.2, 0) is 6.42 Å². The molecule has 11 heteroatoms. The summed E-state index contributed by atoms with van der Waals surface area (Å²) >= 11 is 0. The van der Waals surface area contributed by atoms with E-state index < -0.39 is 30.8 Å². The van der Waals surface area contributed by atoms with Crippen LogP contribution in [0.1, 0.15) is 36.2 Å². The van der Waals surface area contributed by atoms with E-state index in [0.717, 1.165) is 36.4 Å². The predicted octanol–water partition coefficient (Wildman–Crippen LogP) is 4.96. The summed E-state index contributed by atoms with van der Waals surface area (Å²) in [6, 6.07) is 8.04. The van der Waals surface area contributed by atoms with Crippen LogP contribution in [0.2, 0.25) is 0 Å². The van der Waals surface area contributed by atoms with Gasteiger partial charge in [0.25, 0.3) is 0 Å². The molecular weight excluding hydrogens is 491 g/mol. The molecule has 2 atom stereocenters. The molecule has 5 rings (SSSR count). The normalized spacial score (nSPS) is 21.0.